The first-order valence-electron chi connectivity index (χ1n) is 12.1. The van der Waals surface area contributed by atoms with Crippen LogP contribution in [0.4, 0.5) is 16.2 Å². The number of benzene rings is 3. The molecule has 0 heterocycles. The number of alkyl carbamates (subject to hydrolysis) is 1. The molecule has 3 aromatic rings. The third kappa shape index (κ3) is 8.24. The SMILES string of the molecule is CN(C)C(=O)c1cccc(-c2cccc(S(=O)(=O)Nc3cccc(NCCNC(=O)OC(C)(C)C)c3)c2)c1. The predicted octanol–water partition coefficient (Wildman–Crippen LogP) is 4.79. The zero-order valence-electron chi connectivity index (χ0n) is 22.2. The zero-order chi connectivity index (χ0) is 27.9. The van der Waals surface area contributed by atoms with Crippen LogP contribution in [0.1, 0.15) is 31.1 Å². The Morgan fingerprint density at radius 1 is 0.842 bits per heavy atom. The van der Waals surface area contributed by atoms with Gasteiger partial charge in [0.15, 0.2) is 0 Å². The van der Waals surface area contributed by atoms with Crippen LogP contribution in [0.5, 0.6) is 0 Å². The summed E-state index contributed by atoms with van der Waals surface area (Å²) in [4.78, 5) is 25.7. The molecule has 10 heteroatoms. The molecule has 0 bridgehead atoms. The second kappa shape index (κ2) is 12.0. The molecule has 0 aliphatic rings. The highest BCUT2D eigenvalue weighted by atomic mass is 32.2. The van der Waals surface area contributed by atoms with Crippen molar-refractivity contribution in [2.75, 3.05) is 37.2 Å². The average Bonchev–Trinajstić information content (AvgIpc) is 2.85. The van der Waals surface area contributed by atoms with Crippen molar-refractivity contribution in [1.29, 1.82) is 0 Å². The Labute approximate surface area is 224 Å². The molecule has 0 radical (unpaired) electrons. The normalized spacial score (nSPS) is 11.4. The maximum Gasteiger partial charge on any atom is 0.407 e. The Morgan fingerprint density at radius 2 is 1.47 bits per heavy atom. The summed E-state index contributed by atoms with van der Waals surface area (Å²) in [6.07, 6.45) is -0.501. The number of hydrogen-bond acceptors (Lipinski definition) is 6. The molecule has 3 N–H and O–H groups in total. The van der Waals surface area contributed by atoms with Gasteiger partial charge in [0.1, 0.15) is 5.60 Å². The fourth-order valence-electron chi connectivity index (χ4n) is 3.53. The van der Waals surface area contributed by atoms with Gasteiger partial charge in [-0.3, -0.25) is 9.52 Å². The van der Waals surface area contributed by atoms with E-state index in [4.69, 9.17) is 4.74 Å². The first-order valence-corrected chi connectivity index (χ1v) is 13.6. The number of nitrogens with one attached hydrogen (secondary N) is 3. The van der Waals surface area contributed by atoms with Crippen molar-refractivity contribution in [1.82, 2.24) is 10.2 Å². The molecule has 3 rings (SSSR count). The molecule has 0 fully saturated rings. The van der Waals surface area contributed by atoms with Crippen molar-refractivity contribution in [3.05, 3.63) is 78.4 Å². The lowest BCUT2D eigenvalue weighted by atomic mass is 10.0. The molecule has 9 nitrogen and oxygen atoms in total. The van der Waals surface area contributed by atoms with E-state index in [1.165, 1.54) is 11.0 Å². The Morgan fingerprint density at radius 3 is 2.16 bits per heavy atom. The molecular formula is C28H34N4O5S. The summed E-state index contributed by atoms with van der Waals surface area (Å²) in [5, 5.41) is 5.81. The van der Waals surface area contributed by atoms with Crippen LogP contribution in [0.3, 0.4) is 0 Å². The predicted molar refractivity (Wildman–Crippen MR) is 150 cm³/mol. The van der Waals surface area contributed by atoms with Gasteiger partial charge >= 0.3 is 6.09 Å². The number of carbonyl (C=O) groups excluding carboxylic acids is 2. The van der Waals surface area contributed by atoms with E-state index in [-0.39, 0.29) is 10.8 Å². The Kier molecular flexibility index (Phi) is 9.00. The summed E-state index contributed by atoms with van der Waals surface area (Å²) >= 11 is 0. The van der Waals surface area contributed by atoms with E-state index in [0.29, 0.717) is 35.6 Å². The van der Waals surface area contributed by atoms with Crippen LogP contribution < -0.4 is 15.4 Å². The molecule has 38 heavy (non-hydrogen) atoms. The van der Waals surface area contributed by atoms with Gasteiger partial charge in [-0.1, -0.05) is 30.3 Å². The highest BCUT2D eigenvalue weighted by Crippen LogP contribution is 2.26. The fourth-order valence-corrected chi connectivity index (χ4v) is 4.62. The third-order valence-electron chi connectivity index (χ3n) is 5.23. The van der Waals surface area contributed by atoms with Crippen molar-refractivity contribution >= 4 is 33.4 Å². The Hall–Kier alpha value is -4.05. The van der Waals surface area contributed by atoms with Crippen LogP contribution in [0.25, 0.3) is 11.1 Å². The van der Waals surface area contributed by atoms with E-state index in [1.54, 1.807) is 95.5 Å². The summed E-state index contributed by atoms with van der Waals surface area (Å²) in [6, 6.07) is 20.5. The number of anilines is 2. The largest absolute Gasteiger partial charge is 0.444 e. The van der Waals surface area contributed by atoms with Crippen LogP contribution in [-0.4, -0.2) is 58.1 Å². The Balaban J connectivity index is 1.67. The second-order valence-corrected chi connectivity index (χ2v) is 11.5. The number of rotatable bonds is 9. The molecule has 0 saturated heterocycles. The molecule has 0 atom stereocenters. The zero-order valence-corrected chi connectivity index (χ0v) is 23.1. The van der Waals surface area contributed by atoms with Gasteiger partial charge in [0.25, 0.3) is 15.9 Å². The van der Waals surface area contributed by atoms with E-state index < -0.39 is 21.7 Å². The monoisotopic (exact) mass is 538 g/mol. The minimum Gasteiger partial charge on any atom is -0.444 e. The minimum absolute atomic E-state index is 0.0965. The van der Waals surface area contributed by atoms with Crippen LogP contribution in [-0.2, 0) is 14.8 Å². The number of hydrogen-bond donors (Lipinski definition) is 3. The highest BCUT2D eigenvalue weighted by Gasteiger charge is 2.17. The van der Waals surface area contributed by atoms with Gasteiger partial charge in [0, 0.05) is 38.4 Å². The summed E-state index contributed by atoms with van der Waals surface area (Å²) in [5.41, 5.74) is 2.43. The third-order valence-corrected chi connectivity index (χ3v) is 6.61. The van der Waals surface area contributed by atoms with E-state index in [9.17, 15) is 18.0 Å². The van der Waals surface area contributed by atoms with Gasteiger partial charge in [-0.05, 0) is 74.4 Å². The molecule has 0 spiro atoms. The molecule has 2 amide bonds. The number of amides is 2. The molecule has 0 saturated carbocycles. The van der Waals surface area contributed by atoms with Gasteiger partial charge < -0.3 is 20.3 Å². The minimum atomic E-state index is -3.88. The number of ether oxygens (including phenoxy) is 1. The smallest absolute Gasteiger partial charge is 0.407 e. The van der Waals surface area contributed by atoms with E-state index in [2.05, 4.69) is 15.4 Å². The molecule has 0 unspecified atom stereocenters. The van der Waals surface area contributed by atoms with Gasteiger partial charge in [-0.2, -0.15) is 0 Å². The number of nitrogens with zero attached hydrogens (tertiary/aromatic N) is 1. The Bertz CT molecular complexity index is 1400. The lowest BCUT2D eigenvalue weighted by Gasteiger charge is -2.19. The van der Waals surface area contributed by atoms with Crippen molar-refractivity contribution in [2.45, 2.75) is 31.3 Å². The standard InChI is InChI=1S/C28H34N4O5S/c1-28(2,3)37-27(34)30-16-15-29-23-12-8-13-24(19-23)31-38(35,36)25-14-7-10-21(18-25)20-9-6-11-22(17-20)26(33)32(4)5/h6-14,17-19,29,31H,15-16H2,1-5H3,(H,30,34). The average molecular weight is 539 g/mol. The maximum atomic E-state index is 13.2. The van der Waals surface area contributed by atoms with Crippen molar-refractivity contribution in [3.63, 3.8) is 0 Å². The van der Waals surface area contributed by atoms with Gasteiger partial charge in [-0.15, -0.1) is 0 Å². The maximum absolute atomic E-state index is 13.2. The van der Waals surface area contributed by atoms with Gasteiger partial charge in [0.05, 0.1) is 10.6 Å². The van der Waals surface area contributed by atoms with Crippen LogP contribution in [0.2, 0.25) is 0 Å². The van der Waals surface area contributed by atoms with Gasteiger partial charge in [-0.25, -0.2) is 13.2 Å². The lowest BCUT2D eigenvalue weighted by molar-refractivity contribution is 0.0529. The lowest BCUT2D eigenvalue weighted by Crippen LogP contribution is -2.34. The fraction of sp³-hybridized carbons (Fsp3) is 0.286. The number of carbonyl (C=O) groups is 2. The van der Waals surface area contributed by atoms with E-state index in [0.717, 1.165) is 5.56 Å². The first-order chi connectivity index (χ1) is 17.8. The first kappa shape index (κ1) is 28.5. The molecule has 0 aliphatic heterocycles. The summed E-state index contributed by atoms with van der Waals surface area (Å²) in [7, 11) is -0.521. The van der Waals surface area contributed by atoms with Crippen LogP contribution >= 0.6 is 0 Å². The second-order valence-electron chi connectivity index (χ2n) is 9.85. The molecule has 202 valence electrons. The van der Waals surface area contributed by atoms with E-state index in [1.807, 2.05) is 6.07 Å². The van der Waals surface area contributed by atoms with Gasteiger partial charge in [0.2, 0.25) is 0 Å². The molecule has 0 aromatic heterocycles. The number of sulfonamides is 1. The van der Waals surface area contributed by atoms with Crippen LogP contribution in [0.15, 0.2) is 77.7 Å². The molecule has 3 aromatic carbocycles. The quantitative estimate of drug-likeness (QED) is 0.337. The molecule has 0 aliphatic carbocycles. The summed E-state index contributed by atoms with van der Waals surface area (Å²) < 4.78 is 34.1. The summed E-state index contributed by atoms with van der Waals surface area (Å²) in [5.74, 6) is -0.133. The van der Waals surface area contributed by atoms with Crippen LogP contribution in [0, 0.1) is 0 Å². The van der Waals surface area contributed by atoms with Crippen molar-refractivity contribution in [3.8, 4) is 11.1 Å². The topological polar surface area (TPSA) is 117 Å². The van der Waals surface area contributed by atoms with Crippen molar-refractivity contribution < 1.29 is 22.7 Å². The summed E-state index contributed by atoms with van der Waals surface area (Å²) in [6.45, 7) is 6.13. The highest BCUT2D eigenvalue weighted by molar-refractivity contribution is 7.92. The molecular weight excluding hydrogens is 504 g/mol. The van der Waals surface area contributed by atoms with Crippen molar-refractivity contribution in [2.24, 2.45) is 0 Å². The van der Waals surface area contributed by atoms with E-state index >= 15 is 0 Å².